The number of aryl methyl sites for hydroxylation is 1. The summed E-state index contributed by atoms with van der Waals surface area (Å²) in [7, 11) is 0. The van der Waals surface area contributed by atoms with E-state index in [1.54, 1.807) is 0 Å². The number of hydrogen-bond donors (Lipinski definition) is 2. The van der Waals surface area contributed by atoms with Gasteiger partial charge in [0.25, 0.3) is 5.91 Å². The molecule has 1 aromatic carbocycles. The van der Waals surface area contributed by atoms with E-state index in [1.807, 2.05) is 19.1 Å². The van der Waals surface area contributed by atoms with Crippen LogP contribution in [0, 0.1) is 12.8 Å². The lowest BCUT2D eigenvalue weighted by Gasteiger charge is -2.36. The highest BCUT2D eigenvalue weighted by molar-refractivity contribution is 5.98. The van der Waals surface area contributed by atoms with Crippen molar-refractivity contribution in [2.75, 3.05) is 52.6 Å². The molecule has 2 atom stereocenters. The van der Waals surface area contributed by atoms with Crippen LogP contribution >= 0.6 is 0 Å². The molecule has 2 N–H and O–H groups in total. The first-order valence-electron chi connectivity index (χ1n) is 10.9. The van der Waals surface area contributed by atoms with E-state index in [-0.39, 0.29) is 18.1 Å². The van der Waals surface area contributed by atoms with Crippen molar-refractivity contribution in [1.82, 2.24) is 10.2 Å². The van der Waals surface area contributed by atoms with Gasteiger partial charge in [0.1, 0.15) is 0 Å². The van der Waals surface area contributed by atoms with Crippen LogP contribution in [0.15, 0.2) is 12.1 Å². The summed E-state index contributed by atoms with van der Waals surface area (Å²) in [5, 5.41) is 13.6. The second-order valence-electron chi connectivity index (χ2n) is 8.28. The summed E-state index contributed by atoms with van der Waals surface area (Å²) in [5.41, 5.74) is 1.45. The van der Waals surface area contributed by atoms with E-state index < -0.39 is 6.10 Å². The number of fused-ring (bicyclic) bond motifs is 1. The lowest BCUT2D eigenvalue weighted by atomic mass is 9.93. The second-order valence-corrected chi connectivity index (χ2v) is 8.28. The largest absolute Gasteiger partial charge is 0.490 e. The van der Waals surface area contributed by atoms with E-state index in [4.69, 9.17) is 18.9 Å². The third-order valence-electron chi connectivity index (χ3n) is 5.94. The molecule has 1 aromatic rings. The smallest absolute Gasteiger partial charge is 0.255 e. The number of β-amino-alcohol motifs (C(OH)–C–C–N with tert-alkyl or cyclic N) is 1. The van der Waals surface area contributed by atoms with Crippen molar-refractivity contribution in [2.24, 2.45) is 5.92 Å². The molecule has 0 spiro atoms. The molecule has 2 saturated heterocycles. The van der Waals surface area contributed by atoms with Gasteiger partial charge in [-0.05, 0) is 37.6 Å². The first kappa shape index (κ1) is 21.4. The van der Waals surface area contributed by atoms with Gasteiger partial charge in [0, 0.05) is 38.4 Å². The lowest BCUT2D eigenvalue weighted by molar-refractivity contribution is -0.0576. The zero-order valence-corrected chi connectivity index (χ0v) is 17.6. The normalized spacial score (nSPS) is 25.1. The molecule has 0 bridgehead atoms. The fraction of sp³-hybridized carbons (Fsp3) is 0.682. The SMILES string of the molecule is Cc1cc2c(c(C(=O)NC[C@@H]3CCN(CCC4OCCO4)C[C@H]3O)c1)OCCCO2. The van der Waals surface area contributed by atoms with Gasteiger partial charge < -0.3 is 34.3 Å². The van der Waals surface area contributed by atoms with Crippen LogP contribution in [0.1, 0.15) is 35.2 Å². The van der Waals surface area contributed by atoms with E-state index in [0.29, 0.717) is 56.6 Å². The molecule has 0 aromatic heterocycles. The number of likely N-dealkylation sites (tertiary alicyclic amines) is 1. The van der Waals surface area contributed by atoms with Crippen molar-refractivity contribution < 1.29 is 28.8 Å². The molecule has 8 heteroatoms. The Morgan fingerprint density at radius 2 is 2.00 bits per heavy atom. The fourth-order valence-corrected chi connectivity index (χ4v) is 4.25. The van der Waals surface area contributed by atoms with Gasteiger partial charge in [0.05, 0.1) is 38.1 Å². The van der Waals surface area contributed by atoms with Crippen LogP contribution in [-0.4, -0.2) is 80.9 Å². The zero-order valence-electron chi connectivity index (χ0n) is 17.6. The molecule has 0 saturated carbocycles. The van der Waals surface area contributed by atoms with E-state index in [9.17, 15) is 9.90 Å². The van der Waals surface area contributed by atoms with Gasteiger partial charge in [-0.2, -0.15) is 0 Å². The summed E-state index contributed by atoms with van der Waals surface area (Å²) < 4.78 is 22.5. The molecule has 0 aliphatic carbocycles. The Bertz CT molecular complexity index is 737. The van der Waals surface area contributed by atoms with Crippen LogP contribution in [0.2, 0.25) is 0 Å². The summed E-state index contributed by atoms with van der Waals surface area (Å²) in [6.07, 6.45) is 1.85. The van der Waals surface area contributed by atoms with Gasteiger partial charge in [0.15, 0.2) is 17.8 Å². The molecule has 0 unspecified atom stereocenters. The van der Waals surface area contributed by atoms with Crippen LogP contribution < -0.4 is 14.8 Å². The number of carbonyl (C=O) groups excluding carboxylic acids is 1. The number of ether oxygens (including phenoxy) is 4. The Hall–Kier alpha value is -1.87. The predicted molar refractivity (Wildman–Crippen MR) is 110 cm³/mol. The average Bonchev–Trinajstić information content (AvgIpc) is 3.15. The Balaban J connectivity index is 1.29. The summed E-state index contributed by atoms with van der Waals surface area (Å²) >= 11 is 0. The van der Waals surface area contributed by atoms with Gasteiger partial charge in [-0.1, -0.05) is 0 Å². The van der Waals surface area contributed by atoms with Gasteiger partial charge in [-0.3, -0.25) is 4.79 Å². The lowest BCUT2D eigenvalue weighted by Crippen LogP contribution is -2.48. The minimum Gasteiger partial charge on any atom is -0.490 e. The number of aliphatic hydroxyl groups excluding tert-OH is 1. The molecule has 30 heavy (non-hydrogen) atoms. The maximum Gasteiger partial charge on any atom is 0.255 e. The van der Waals surface area contributed by atoms with Crippen LogP contribution in [0.5, 0.6) is 11.5 Å². The topological polar surface area (TPSA) is 89.5 Å². The number of rotatable bonds is 6. The van der Waals surface area contributed by atoms with Crippen LogP contribution in [-0.2, 0) is 9.47 Å². The highest BCUT2D eigenvalue weighted by atomic mass is 16.7. The van der Waals surface area contributed by atoms with Crippen LogP contribution in [0.3, 0.4) is 0 Å². The summed E-state index contributed by atoms with van der Waals surface area (Å²) in [4.78, 5) is 15.1. The molecule has 3 aliphatic heterocycles. The molecule has 166 valence electrons. The number of carbonyl (C=O) groups is 1. The van der Waals surface area contributed by atoms with Crippen molar-refractivity contribution in [3.8, 4) is 11.5 Å². The molecule has 3 aliphatic rings. The number of piperidine rings is 1. The summed E-state index contributed by atoms with van der Waals surface area (Å²) in [6, 6.07) is 3.73. The quantitative estimate of drug-likeness (QED) is 0.718. The van der Waals surface area contributed by atoms with E-state index in [0.717, 1.165) is 37.9 Å². The number of nitrogens with one attached hydrogen (secondary N) is 1. The van der Waals surface area contributed by atoms with Crippen molar-refractivity contribution in [3.05, 3.63) is 23.3 Å². The Morgan fingerprint density at radius 1 is 1.20 bits per heavy atom. The number of aliphatic hydroxyl groups is 1. The van der Waals surface area contributed by atoms with Crippen molar-refractivity contribution in [1.29, 1.82) is 0 Å². The fourth-order valence-electron chi connectivity index (χ4n) is 4.25. The highest BCUT2D eigenvalue weighted by Gasteiger charge is 2.29. The number of amides is 1. The van der Waals surface area contributed by atoms with Gasteiger partial charge in [-0.25, -0.2) is 0 Å². The van der Waals surface area contributed by atoms with Gasteiger partial charge in [-0.15, -0.1) is 0 Å². The Morgan fingerprint density at radius 3 is 2.80 bits per heavy atom. The average molecular weight is 421 g/mol. The minimum absolute atomic E-state index is 0.0322. The summed E-state index contributed by atoms with van der Waals surface area (Å²) in [6.45, 7) is 7.15. The van der Waals surface area contributed by atoms with Gasteiger partial charge >= 0.3 is 0 Å². The first-order valence-corrected chi connectivity index (χ1v) is 10.9. The summed E-state index contributed by atoms with van der Waals surface area (Å²) in [5.74, 6) is 0.985. The molecular weight excluding hydrogens is 388 g/mol. The molecule has 3 heterocycles. The zero-order chi connectivity index (χ0) is 20.9. The van der Waals surface area contributed by atoms with Crippen molar-refractivity contribution >= 4 is 5.91 Å². The van der Waals surface area contributed by atoms with Crippen LogP contribution in [0.4, 0.5) is 0 Å². The first-order chi connectivity index (χ1) is 14.6. The third kappa shape index (κ3) is 5.24. The van der Waals surface area contributed by atoms with E-state index in [2.05, 4.69) is 10.2 Å². The molecular formula is C22H32N2O6. The number of nitrogens with zero attached hydrogens (tertiary/aromatic N) is 1. The highest BCUT2D eigenvalue weighted by Crippen LogP contribution is 2.34. The van der Waals surface area contributed by atoms with Crippen LogP contribution in [0.25, 0.3) is 0 Å². The standard InChI is InChI=1S/C22H32N2O6/c1-15-11-17(21-19(12-15)27-7-2-8-30-21)22(26)23-13-16-3-5-24(14-18(16)25)6-4-20-28-9-10-29-20/h11-12,16,18,20,25H,2-10,13-14H2,1H3,(H,23,26)/t16-,18+/m0/s1. The maximum atomic E-state index is 12.9. The predicted octanol–water partition coefficient (Wildman–Crippen LogP) is 1.33. The molecule has 2 fully saturated rings. The van der Waals surface area contributed by atoms with Gasteiger partial charge in [0.2, 0.25) is 0 Å². The number of benzene rings is 1. The van der Waals surface area contributed by atoms with E-state index in [1.165, 1.54) is 0 Å². The second kappa shape index (κ2) is 9.96. The number of hydrogen-bond acceptors (Lipinski definition) is 7. The molecule has 4 rings (SSSR count). The monoisotopic (exact) mass is 420 g/mol. The molecule has 1 amide bonds. The maximum absolute atomic E-state index is 12.9. The minimum atomic E-state index is -0.473. The van der Waals surface area contributed by atoms with Crippen molar-refractivity contribution in [2.45, 2.75) is 38.6 Å². The third-order valence-corrected chi connectivity index (χ3v) is 5.94. The molecule has 0 radical (unpaired) electrons. The Labute approximate surface area is 177 Å². The molecule has 8 nitrogen and oxygen atoms in total. The Kier molecular flexibility index (Phi) is 7.09. The van der Waals surface area contributed by atoms with Crippen molar-refractivity contribution in [3.63, 3.8) is 0 Å². The van der Waals surface area contributed by atoms with E-state index >= 15 is 0 Å².